The molecular weight excluding hydrogens is 214 g/mol. The lowest BCUT2D eigenvalue weighted by atomic mass is 10.5. The Bertz CT molecular complexity index is 325. The first-order valence-corrected chi connectivity index (χ1v) is 5.61. The molecular formula is C8H15N5OS. The number of nitrogens with zero attached hydrogens (tertiary/aromatic N) is 5. The van der Waals surface area contributed by atoms with E-state index in [2.05, 4.69) is 20.4 Å². The van der Waals surface area contributed by atoms with Crippen molar-refractivity contribution in [1.82, 2.24) is 25.1 Å². The van der Waals surface area contributed by atoms with Crippen LogP contribution in [0.5, 0.6) is 0 Å². The van der Waals surface area contributed by atoms with E-state index >= 15 is 0 Å². The average molecular weight is 229 g/mol. The Labute approximate surface area is 93.0 Å². The molecule has 1 heterocycles. The van der Waals surface area contributed by atoms with Gasteiger partial charge >= 0.3 is 0 Å². The lowest BCUT2D eigenvalue weighted by molar-refractivity contribution is -0.114. The monoisotopic (exact) mass is 229 g/mol. The zero-order valence-electron chi connectivity index (χ0n) is 9.17. The van der Waals surface area contributed by atoms with E-state index in [0.717, 1.165) is 13.1 Å². The van der Waals surface area contributed by atoms with Crippen LogP contribution in [-0.4, -0.2) is 57.3 Å². The van der Waals surface area contributed by atoms with Crippen molar-refractivity contribution in [2.45, 2.75) is 18.6 Å². The maximum Gasteiger partial charge on any atom is 0.209 e. The molecule has 0 aliphatic carbocycles. The third kappa shape index (κ3) is 4.39. The highest BCUT2D eigenvalue weighted by atomic mass is 32.2. The molecule has 1 aromatic heterocycles. The van der Waals surface area contributed by atoms with Crippen LogP contribution in [0.4, 0.5) is 0 Å². The zero-order valence-corrected chi connectivity index (χ0v) is 9.99. The summed E-state index contributed by atoms with van der Waals surface area (Å²) in [5.74, 6) is 0.546. The Balaban J connectivity index is 2.49. The minimum atomic E-state index is 0.127. The van der Waals surface area contributed by atoms with Crippen molar-refractivity contribution >= 4 is 17.5 Å². The average Bonchev–Trinajstić information content (AvgIpc) is 2.58. The van der Waals surface area contributed by atoms with Crippen molar-refractivity contribution < 1.29 is 4.79 Å². The molecule has 0 amide bonds. The summed E-state index contributed by atoms with van der Waals surface area (Å²) in [7, 11) is 3.99. The number of tetrazole rings is 1. The number of thioether (sulfide) groups is 1. The second kappa shape index (κ2) is 5.82. The van der Waals surface area contributed by atoms with Crippen LogP contribution in [0.3, 0.4) is 0 Å². The fraction of sp³-hybridized carbons (Fsp3) is 0.750. The molecule has 0 atom stereocenters. The van der Waals surface area contributed by atoms with Gasteiger partial charge in [0.1, 0.15) is 5.78 Å². The van der Waals surface area contributed by atoms with E-state index in [4.69, 9.17) is 0 Å². The van der Waals surface area contributed by atoms with Crippen LogP contribution in [0.1, 0.15) is 6.92 Å². The number of aromatic nitrogens is 4. The molecule has 1 rings (SSSR count). The molecule has 0 unspecified atom stereocenters. The number of hydrogen-bond acceptors (Lipinski definition) is 6. The SMILES string of the molecule is CC(=O)CSc1nnnn1CCN(C)C. The van der Waals surface area contributed by atoms with Crippen LogP contribution >= 0.6 is 11.8 Å². The van der Waals surface area contributed by atoms with E-state index in [-0.39, 0.29) is 5.78 Å². The van der Waals surface area contributed by atoms with Crippen molar-refractivity contribution in [2.75, 3.05) is 26.4 Å². The largest absolute Gasteiger partial charge is 0.308 e. The molecule has 0 bridgehead atoms. The van der Waals surface area contributed by atoms with Gasteiger partial charge in [0.2, 0.25) is 5.16 Å². The molecule has 15 heavy (non-hydrogen) atoms. The Hall–Kier alpha value is -0.950. The predicted octanol–water partition coefficient (Wildman–Crippen LogP) is -0.0842. The number of Topliss-reactive ketones (excluding diaryl/α,β-unsaturated/α-hetero) is 1. The highest BCUT2D eigenvalue weighted by molar-refractivity contribution is 7.99. The number of ketones is 1. The fourth-order valence-corrected chi connectivity index (χ4v) is 1.60. The summed E-state index contributed by atoms with van der Waals surface area (Å²) in [5, 5.41) is 12.0. The molecule has 7 heteroatoms. The minimum Gasteiger partial charge on any atom is -0.308 e. The van der Waals surface area contributed by atoms with Crippen LogP contribution in [0.25, 0.3) is 0 Å². The molecule has 1 aromatic rings. The molecule has 6 nitrogen and oxygen atoms in total. The Morgan fingerprint density at radius 3 is 2.87 bits per heavy atom. The molecule has 0 radical (unpaired) electrons. The normalized spacial score (nSPS) is 10.9. The maximum absolute atomic E-state index is 10.8. The van der Waals surface area contributed by atoms with Crippen molar-refractivity contribution in [1.29, 1.82) is 0 Å². The molecule has 84 valence electrons. The number of hydrogen-bond donors (Lipinski definition) is 0. The van der Waals surface area contributed by atoms with E-state index in [9.17, 15) is 4.79 Å². The maximum atomic E-state index is 10.8. The Morgan fingerprint density at radius 1 is 1.53 bits per heavy atom. The summed E-state index contributed by atoms with van der Waals surface area (Å²) >= 11 is 1.37. The molecule has 0 aromatic carbocycles. The van der Waals surface area contributed by atoms with E-state index < -0.39 is 0 Å². The quantitative estimate of drug-likeness (QED) is 0.636. The smallest absolute Gasteiger partial charge is 0.209 e. The highest BCUT2D eigenvalue weighted by Gasteiger charge is 2.07. The van der Waals surface area contributed by atoms with E-state index in [1.165, 1.54) is 11.8 Å². The van der Waals surface area contributed by atoms with Crippen LogP contribution in [0.2, 0.25) is 0 Å². The van der Waals surface area contributed by atoms with Crippen LogP contribution in [-0.2, 0) is 11.3 Å². The Kier molecular flexibility index (Phi) is 4.70. The van der Waals surface area contributed by atoms with Gasteiger partial charge in [-0.3, -0.25) is 4.79 Å². The third-order valence-electron chi connectivity index (χ3n) is 1.66. The van der Waals surface area contributed by atoms with E-state index in [1.807, 2.05) is 14.1 Å². The van der Waals surface area contributed by atoms with Gasteiger partial charge in [0.25, 0.3) is 0 Å². The molecule has 0 saturated heterocycles. The van der Waals surface area contributed by atoms with Gasteiger partial charge in [0, 0.05) is 6.54 Å². The zero-order chi connectivity index (χ0) is 11.3. The summed E-state index contributed by atoms with van der Waals surface area (Å²) in [6.07, 6.45) is 0. The summed E-state index contributed by atoms with van der Waals surface area (Å²) in [6.45, 7) is 3.17. The lowest BCUT2D eigenvalue weighted by Gasteiger charge is -2.09. The number of carbonyl (C=O) groups excluding carboxylic acids is 1. The van der Waals surface area contributed by atoms with Gasteiger partial charge in [-0.2, -0.15) is 0 Å². The van der Waals surface area contributed by atoms with Gasteiger partial charge in [-0.05, 0) is 31.4 Å². The number of carbonyl (C=O) groups is 1. The summed E-state index contributed by atoms with van der Waals surface area (Å²) < 4.78 is 1.72. The van der Waals surface area contributed by atoms with Crippen molar-refractivity contribution in [3.8, 4) is 0 Å². The Morgan fingerprint density at radius 2 is 2.27 bits per heavy atom. The molecule has 0 aliphatic heterocycles. The summed E-state index contributed by atoms with van der Waals surface area (Å²) in [5.41, 5.74) is 0. The van der Waals surface area contributed by atoms with E-state index in [1.54, 1.807) is 11.6 Å². The second-order valence-corrected chi connectivity index (χ2v) is 4.42. The van der Waals surface area contributed by atoms with Crippen LogP contribution in [0, 0.1) is 0 Å². The molecule has 0 spiro atoms. The fourth-order valence-electron chi connectivity index (χ4n) is 0.901. The molecule has 0 N–H and O–H groups in total. The third-order valence-corrected chi connectivity index (χ3v) is 2.76. The number of likely N-dealkylation sites (N-methyl/N-ethyl adjacent to an activating group) is 1. The topological polar surface area (TPSA) is 63.9 Å². The molecule has 0 aliphatic rings. The van der Waals surface area contributed by atoms with Gasteiger partial charge in [-0.1, -0.05) is 11.8 Å². The van der Waals surface area contributed by atoms with Gasteiger partial charge in [0.05, 0.1) is 12.3 Å². The standard InChI is InChI=1S/C8H15N5OS/c1-7(14)6-15-8-9-10-11-13(8)5-4-12(2)3/h4-6H2,1-3H3. The first-order valence-electron chi connectivity index (χ1n) is 4.62. The van der Waals surface area contributed by atoms with Gasteiger partial charge in [-0.25, -0.2) is 4.68 Å². The summed E-state index contributed by atoms with van der Waals surface area (Å²) in [6, 6.07) is 0. The van der Waals surface area contributed by atoms with Gasteiger partial charge < -0.3 is 4.90 Å². The first-order chi connectivity index (χ1) is 7.09. The van der Waals surface area contributed by atoms with Crippen molar-refractivity contribution in [3.63, 3.8) is 0 Å². The van der Waals surface area contributed by atoms with Crippen LogP contribution < -0.4 is 0 Å². The first kappa shape index (κ1) is 12.1. The molecule has 0 saturated carbocycles. The lowest BCUT2D eigenvalue weighted by Crippen LogP contribution is -2.19. The minimum absolute atomic E-state index is 0.127. The van der Waals surface area contributed by atoms with Crippen molar-refractivity contribution in [2.24, 2.45) is 0 Å². The van der Waals surface area contributed by atoms with Crippen molar-refractivity contribution in [3.05, 3.63) is 0 Å². The van der Waals surface area contributed by atoms with Crippen LogP contribution in [0.15, 0.2) is 5.16 Å². The van der Waals surface area contributed by atoms with Gasteiger partial charge in [0.15, 0.2) is 0 Å². The summed E-state index contributed by atoms with van der Waals surface area (Å²) in [4.78, 5) is 12.9. The predicted molar refractivity (Wildman–Crippen MR) is 57.8 cm³/mol. The number of rotatable bonds is 6. The van der Waals surface area contributed by atoms with Gasteiger partial charge in [-0.15, -0.1) is 5.10 Å². The molecule has 0 fully saturated rings. The second-order valence-electron chi connectivity index (χ2n) is 3.48. The highest BCUT2D eigenvalue weighted by Crippen LogP contribution is 2.12. The van der Waals surface area contributed by atoms with E-state index in [0.29, 0.717) is 10.9 Å².